The number of amides is 1. The summed E-state index contributed by atoms with van der Waals surface area (Å²) in [4.78, 5) is 20.9. The second-order valence-corrected chi connectivity index (χ2v) is 8.17. The predicted octanol–water partition coefficient (Wildman–Crippen LogP) is 4.97. The van der Waals surface area contributed by atoms with Crippen LogP contribution in [0.2, 0.25) is 0 Å². The highest BCUT2D eigenvalue weighted by molar-refractivity contribution is 7.15. The van der Waals surface area contributed by atoms with Gasteiger partial charge in [-0.2, -0.15) is 0 Å². The lowest BCUT2D eigenvalue weighted by molar-refractivity contribution is -0.118. The molecule has 1 atom stereocenters. The van der Waals surface area contributed by atoms with E-state index in [1.54, 1.807) is 11.3 Å². The first-order valence-electron chi connectivity index (χ1n) is 9.61. The fraction of sp³-hybridized carbons (Fsp3) is 0.217. The molecule has 140 valence electrons. The van der Waals surface area contributed by atoms with E-state index >= 15 is 0 Å². The molecule has 2 aromatic heterocycles. The molecule has 3 heterocycles. The zero-order valence-electron chi connectivity index (χ0n) is 15.7. The van der Waals surface area contributed by atoms with E-state index < -0.39 is 0 Å². The van der Waals surface area contributed by atoms with Crippen molar-refractivity contribution in [3.8, 4) is 11.3 Å². The molecule has 2 aromatic carbocycles. The number of fused-ring (bicyclic) bond motifs is 2. The van der Waals surface area contributed by atoms with Crippen molar-refractivity contribution >= 4 is 27.9 Å². The van der Waals surface area contributed by atoms with Crippen molar-refractivity contribution in [1.82, 2.24) is 9.38 Å². The Morgan fingerprint density at radius 2 is 1.93 bits per heavy atom. The van der Waals surface area contributed by atoms with E-state index in [-0.39, 0.29) is 11.9 Å². The van der Waals surface area contributed by atoms with Crippen LogP contribution in [0.25, 0.3) is 16.2 Å². The van der Waals surface area contributed by atoms with Crippen LogP contribution in [-0.2, 0) is 17.6 Å². The summed E-state index contributed by atoms with van der Waals surface area (Å²) >= 11 is 1.59. The van der Waals surface area contributed by atoms with Gasteiger partial charge in [-0.3, -0.25) is 9.20 Å². The minimum Gasteiger partial charge on any atom is -0.309 e. The molecule has 4 nitrogen and oxygen atoms in total. The Morgan fingerprint density at radius 1 is 1.14 bits per heavy atom. The van der Waals surface area contributed by atoms with E-state index in [2.05, 4.69) is 47.0 Å². The van der Waals surface area contributed by atoms with Gasteiger partial charge in [0.25, 0.3) is 0 Å². The number of nitrogens with zero attached hydrogens (tertiary/aromatic N) is 3. The van der Waals surface area contributed by atoms with Gasteiger partial charge in [0.1, 0.15) is 0 Å². The summed E-state index contributed by atoms with van der Waals surface area (Å²) in [6.07, 6.45) is 4.46. The number of anilines is 1. The summed E-state index contributed by atoms with van der Waals surface area (Å²) in [7, 11) is 0. The molecule has 0 aliphatic carbocycles. The van der Waals surface area contributed by atoms with E-state index in [0.29, 0.717) is 6.42 Å². The monoisotopic (exact) mass is 387 g/mol. The second-order valence-electron chi connectivity index (χ2n) is 7.33. The molecule has 0 radical (unpaired) electrons. The highest BCUT2D eigenvalue weighted by atomic mass is 32.1. The number of para-hydroxylation sites is 1. The maximum Gasteiger partial charge on any atom is 0.233 e. The van der Waals surface area contributed by atoms with Crippen molar-refractivity contribution in [2.75, 3.05) is 4.90 Å². The third-order valence-corrected chi connectivity index (χ3v) is 6.37. The molecular formula is C23H21N3OS. The highest BCUT2D eigenvalue weighted by Crippen LogP contribution is 2.31. The fourth-order valence-electron chi connectivity index (χ4n) is 4.01. The molecular weight excluding hydrogens is 366 g/mol. The number of hydrogen-bond donors (Lipinski definition) is 0. The Morgan fingerprint density at radius 3 is 2.79 bits per heavy atom. The number of benzene rings is 2. The van der Waals surface area contributed by atoms with Crippen molar-refractivity contribution in [3.05, 3.63) is 77.4 Å². The number of hydrogen-bond acceptors (Lipinski definition) is 3. The quantitative estimate of drug-likeness (QED) is 0.498. The Kier molecular flexibility index (Phi) is 4.24. The Labute approximate surface area is 168 Å². The smallest absolute Gasteiger partial charge is 0.233 e. The zero-order valence-corrected chi connectivity index (χ0v) is 16.5. The fourth-order valence-corrected chi connectivity index (χ4v) is 4.89. The number of thiazole rings is 1. The van der Waals surface area contributed by atoms with Gasteiger partial charge < -0.3 is 4.90 Å². The lowest BCUT2D eigenvalue weighted by Gasteiger charge is -2.35. The van der Waals surface area contributed by atoms with Crippen LogP contribution >= 0.6 is 11.3 Å². The minimum atomic E-state index is 0.148. The second kappa shape index (κ2) is 6.91. The molecule has 1 amide bonds. The van der Waals surface area contributed by atoms with Gasteiger partial charge >= 0.3 is 0 Å². The molecule has 5 heteroatoms. The van der Waals surface area contributed by atoms with Crippen molar-refractivity contribution in [1.29, 1.82) is 0 Å². The zero-order chi connectivity index (χ0) is 19.1. The first-order valence-corrected chi connectivity index (χ1v) is 10.5. The first-order chi connectivity index (χ1) is 13.7. The molecule has 0 spiro atoms. The van der Waals surface area contributed by atoms with Crippen molar-refractivity contribution in [3.63, 3.8) is 0 Å². The summed E-state index contributed by atoms with van der Waals surface area (Å²) in [5.74, 6) is 0.148. The summed E-state index contributed by atoms with van der Waals surface area (Å²) in [6, 6.07) is 18.6. The van der Waals surface area contributed by atoms with Gasteiger partial charge in [-0.1, -0.05) is 48.5 Å². The van der Waals surface area contributed by atoms with Crippen LogP contribution in [0.5, 0.6) is 0 Å². The van der Waals surface area contributed by atoms with Crippen LogP contribution in [0, 0.1) is 0 Å². The summed E-state index contributed by atoms with van der Waals surface area (Å²) in [5.41, 5.74) is 5.36. The van der Waals surface area contributed by atoms with Crippen LogP contribution < -0.4 is 4.90 Å². The van der Waals surface area contributed by atoms with Gasteiger partial charge in [0, 0.05) is 34.6 Å². The largest absolute Gasteiger partial charge is 0.309 e. The van der Waals surface area contributed by atoms with Crippen molar-refractivity contribution in [2.24, 2.45) is 0 Å². The highest BCUT2D eigenvalue weighted by Gasteiger charge is 2.28. The van der Waals surface area contributed by atoms with Gasteiger partial charge in [-0.25, -0.2) is 4.98 Å². The van der Waals surface area contributed by atoms with E-state index in [4.69, 9.17) is 4.98 Å². The molecule has 28 heavy (non-hydrogen) atoms. The maximum atomic E-state index is 13.3. The summed E-state index contributed by atoms with van der Waals surface area (Å²) in [5, 5.41) is 2.05. The average molecular weight is 388 g/mol. The van der Waals surface area contributed by atoms with Gasteiger partial charge in [0.2, 0.25) is 5.91 Å². The van der Waals surface area contributed by atoms with Crippen molar-refractivity contribution < 1.29 is 4.79 Å². The molecule has 0 saturated carbocycles. The third kappa shape index (κ3) is 2.92. The van der Waals surface area contributed by atoms with Crippen LogP contribution in [0.4, 0.5) is 5.69 Å². The molecule has 4 aromatic rings. The normalized spacial score (nSPS) is 16.3. The molecule has 1 aliphatic rings. The molecule has 0 N–H and O–H groups in total. The number of carbonyl (C=O) groups excluding carboxylic acids is 1. The van der Waals surface area contributed by atoms with Crippen LogP contribution in [0.15, 0.2) is 66.2 Å². The van der Waals surface area contributed by atoms with E-state index in [0.717, 1.165) is 40.4 Å². The average Bonchev–Trinajstić information content (AvgIpc) is 3.30. The molecule has 1 aliphatic heterocycles. The first kappa shape index (κ1) is 17.2. The van der Waals surface area contributed by atoms with Crippen LogP contribution in [0.1, 0.15) is 24.6 Å². The number of rotatable bonds is 3. The minimum absolute atomic E-state index is 0.148. The molecule has 0 saturated heterocycles. The van der Waals surface area contributed by atoms with E-state index in [1.165, 1.54) is 5.56 Å². The van der Waals surface area contributed by atoms with Gasteiger partial charge in [0.05, 0.1) is 12.1 Å². The Bertz CT molecular complexity index is 1150. The number of carbonyl (C=O) groups is 1. The van der Waals surface area contributed by atoms with E-state index in [9.17, 15) is 4.79 Å². The van der Waals surface area contributed by atoms with Gasteiger partial charge in [-0.15, -0.1) is 11.3 Å². The Balaban J connectivity index is 1.46. The molecule has 1 unspecified atom stereocenters. The molecule has 0 fully saturated rings. The maximum absolute atomic E-state index is 13.3. The van der Waals surface area contributed by atoms with Gasteiger partial charge in [0.15, 0.2) is 4.96 Å². The van der Waals surface area contributed by atoms with Crippen LogP contribution in [0.3, 0.4) is 0 Å². The van der Waals surface area contributed by atoms with Crippen molar-refractivity contribution in [2.45, 2.75) is 32.2 Å². The lowest BCUT2D eigenvalue weighted by atomic mass is 9.96. The summed E-state index contributed by atoms with van der Waals surface area (Å²) < 4.78 is 2.06. The standard InChI is InChI=1S/C23H21N3OS/c1-16-11-12-18-9-5-6-10-21(18)26(16)22(27)13-19-15-28-23-24-20(14-25(19)23)17-7-3-2-4-8-17/h2-10,14-16H,11-13H2,1H3. The number of aromatic nitrogens is 2. The van der Waals surface area contributed by atoms with Gasteiger partial charge in [-0.05, 0) is 31.4 Å². The number of imidazole rings is 1. The SMILES string of the molecule is CC1CCc2ccccc2N1C(=O)Cc1csc2nc(-c3ccccc3)cn12. The molecule has 0 bridgehead atoms. The van der Waals surface area contributed by atoms with E-state index in [1.807, 2.05) is 35.4 Å². The lowest BCUT2D eigenvalue weighted by Crippen LogP contribution is -2.43. The Hall–Kier alpha value is -2.92. The molecule has 5 rings (SSSR count). The number of aryl methyl sites for hydroxylation is 1. The third-order valence-electron chi connectivity index (χ3n) is 5.48. The van der Waals surface area contributed by atoms with Crippen LogP contribution in [-0.4, -0.2) is 21.3 Å². The topological polar surface area (TPSA) is 37.6 Å². The predicted molar refractivity (Wildman–Crippen MR) is 114 cm³/mol. The summed E-state index contributed by atoms with van der Waals surface area (Å²) in [6.45, 7) is 2.14.